The van der Waals surface area contributed by atoms with Gasteiger partial charge in [-0.2, -0.15) is 0 Å². The molecule has 0 amide bonds. The second-order valence-corrected chi connectivity index (χ2v) is 5.70. The normalized spacial score (nSPS) is 13.1. The largest absolute Gasteiger partial charge is 0.466 e. The fraction of sp³-hybridized carbons (Fsp3) is 0.722. The highest BCUT2D eigenvalue weighted by atomic mass is 16.5. The van der Waals surface area contributed by atoms with Crippen LogP contribution in [0.5, 0.6) is 0 Å². The first-order chi connectivity index (χ1) is 9.51. The molecule has 0 bridgehead atoms. The predicted molar refractivity (Wildman–Crippen MR) is 86.7 cm³/mol. The number of hydrogen-bond donors (Lipinski definition) is 0. The summed E-state index contributed by atoms with van der Waals surface area (Å²) in [6, 6.07) is 0. The van der Waals surface area contributed by atoms with E-state index in [2.05, 4.69) is 33.4 Å². The van der Waals surface area contributed by atoms with E-state index in [-0.39, 0.29) is 11.9 Å². The SMILES string of the molecule is C=C(C)CCCC=C(C)CC(CCCC)C(=O)OCC. The van der Waals surface area contributed by atoms with Crippen molar-refractivity contribution in [2.75, 3.05) is 6.61 Å². The molecule has 0 aliphatic rings. The van der Waals surface area contributed by atoms with Crippen LogP contribution in [-0.4, -0.2) is 12.6 Å². The van der Waals surface area contributed by atoms with E-state index in [1.165, 1.54) is 11.1 Å². The van der Waals surface area contributed by atoms with Crippen molar-refractivity contribution in [3.8, 4) is 0 Å². The van der Waals surface area contributed by atoms with Crippen molar-refractivity contribution < 1.29 is 9.53 Å². The number of esters is 1. The van der Waals surface area contributed by atoms with Crippen LogP contribution in [0.15, 0.2) is 23.8 Å². The lowest BCUT2D eigenvalue weighted by Gasteiger charge is -2.15. The topological polar surface area (TPSA) is 26.3 Å². The van der Waals surface area contributed by atoms with Crippen LogP contribution in [-0.2, 0) is 9.53 Å². The highest BCUT2D eigenvalue weighted by Crippen LogP contribution is 2.20. The molecule has 1 unspecified atom stereocenters. The predicted octanol–water partition coefficient (Wildman–Crippen LogP) is 5.44. The third kappa shape index (κ3) is 9.82. The quantitative estimate of drug-likeness (QED) is 0.286. The average Bonchev–Trinajstić information content (AvgIpc) is 2.39. The van der Waals surface area contributed by atoms with Crippen LogP contribution in [0.3, 0.4) is 0 Å². The van der Waals surface area contributed by atoms with Gasteiger partial charge in [-0.15, -0.1) is 6.58 Å². The van der Waals surface area contributed by atoms with Crippen molar-refractivity contribution >= 4 is 5.97 Å². The molecule has 2 nitrogen and oxygen atoms in total. The summed E-state index contributed by atoms with van der Waals surface area (Å²) in [7, 11) is 0. The molecule has 0 aromatic heterocycles. The lowest BCUT2D eigenvalue weighted by molar-refractivity contribution is -0.148. The lowest BCUT2D eigenvalue weighted by atomic mass is 9.94. The highest BCUT2D eigenvalue weighted by Gasteiger charge is 2.19. The van der Waals surface area contributed by atoms with Gasteiger partial charge >= 0.3 is 5.97 Å². The Morgan fingerprint density at radius 3 is 2.50 bits per heavy atom. The zero-order chi connectivity index (χ0) is 15.4. The fourth-order valence-corrected chi connectivity index (χ4v) is 2.24. The molecule has 0 radical (unpaired) electrons. The van der Waals surface area contributed by atoms with Gasteiger partial charge in [0, 0.05) is 0 Å². The van der Waals surface area contributed by atoms with E-state index < -0.39 is 0 Å². The molecule has 0 aromatic rings. The van der Waals surface area contributed by atoms with Gasteiger partial charge in [0.1, 0.15) is 0 Å². The Morgan fingerprint density at radius 1 is 1.25 bits per heavy atom. The highest BCUT2D eigenvalue weighted by molar-refractivity contribution is 5.72. The summed E-state index contributed by atoms with van der Waals surface area (Å²) >= 11 is 0. The number of rotatable bonds is 11. The molecule has 20 heavy (non-hydrogen) atoms. The molecule has 1 atom stereocenters. The minimum absolute atomic E-state index is 0.0318. The summed E-state index contributed by atoms with van der Waals surface area (Å²) in [6.45, 7) is 12.6. The van der Waals surface area contributed by atoms with Crippen LogP contribution in [0.2, 0.25) is 0 Å². The molecule has 116 valence electrons. The summed E-state index contributed by atoms with van der Waals surface area (Å²) in [5, 5.41) is 0. The monoisotopic (exact) mass is 280 g/mol. The first kappa shape index (κ1) is 18.9. The smallest absolute Gasteiger partial charge is 0.309 e. The van der Waals surface area contributed by atoms with E-state index in [9.17, 15) is 4.79 Å². The Balaban J connectivity index is 4.28. The molecule has 0 saturated heterocycles. The molecule has 0 saturated carbocycles. The summed E-state index contributed by atoms with van der Waals surface area (Å²) in [6.07, 6.45) is 9.55. The van der Waals surface area contributed by atoms with E-state index in [0.717, 1.165) is 44.9 Å². The van der Waals surface area contributed by atoms with Crippen LogP contribution in [0.25, 0.3) is 0 Å². The molecule has 0 spiro atoms. The average molecular weight is 280 g/mol. The molecular formula is C18H32O2. The van der Waals surface area contributed by atoms with Gasteiger partial charge in [-0.25, -0.2) is 0 Å². The van der Waals surface area contributed by atoms with Crippen molar-refractivity contribution in [2.45, 2.75) is 72.6 Å². The van der Waals surface area contributed by atoms with Crippen molar-refractivity contribution in [3.63, 3.8) is 0 Å². The van der Waals surface area contributed by atoms with Crippen LogP contribution < -0.4 is 0 Å². The molecule has 0 rings (SSSR count). The van der Waals surface area contributed by atoms with Crippen LogP contribution in [0.4, 0.5) is 0 Å². The fourth-order valence-electron chi connectivity index (χ4n) is 2.24. The third-order valence-corrected chi connectivity index (χ3v) is 3.39. The van der Waals surface area contributed by atoms with Gasteiger partial charge in [-0.3, -0.25) is 4.79 Å². The number of ether oxygens (including phenoxy) is 1. The van der Waals surface area contributed by atoms with E-state index in [4.69, 9.17) is 4.74 Å². The van der Waals surface area contributed by atoms with Gasteiger partial charge in [0.05, 0.1) is 12.5 Å². The minimum Gasteiger partial charge on any atom is -0.466 e. The zero-order valence-corrected chi connectivity index (χ0v) is 13.8. The molecular weight excluding hydrogens is 248 g/mol. The molecule has 0 aliphatic heterocycles. The Labute approximate surface area is 125 Å². The van der Waals surface area contributed by atoms with Crippen molar-refractivity contribution in [1.82, 2.24) is 0 Å². The second-order valence-electron chi connectivity index (χ2n) is 5.70. The number of allylic oxidation sites excluding steroid dienone is 3. The summed E-state index contributed by atoms with van der Waals surface area (Å²) in [5.74, 6) is 0.00271. The third-order valence-electron chi connectivity index (χ3n) is 3.39. The maximum atomic E-state index is 11.9. The Morgan fingerprint density at radius 2 is 1.95 bits per heavy atom. The number of carbonyl (C=O) groups is 1. The van der Waals surface area contributed by atoms with E-state index in [1.54, 1.807) is 0 Å². The zero-order valence-electron chi connectivity index (χ0n) is 13.8. The van der Waals surface area contributed by atoms with Crippen molar-refractivity contribution in [3.05, 3.63) is 23.8 Å². The van der Waals surface area contributed by atoms with Crippen molar-refractivity contribution in [2.24, 2.45) is 5.92 Å². The van der Waals surface area contributed by atoms with Crippen molar-refractivity contribution in [1.29, 1.82) is 0 Å². The van der Waals surface area contributed by atoms with Gasteiger partial charge < -0.3 is 4.74 Å². The molecule has 2 heteroatoms. The van der Waals surface area contributed by atoms with Crippen LogP contribution in [0, 0.1) is 5.92 Å². The van der Waals surface area contributed by atoms with E-state index in [0.29, 0.717) is 6.61 Å². The van der Waals surface area contributed by atoms with Gasteiger partial charge in [0.2, 0.25) is 0 Å². The Kier molecular flexibility index (Phi) is 11.1. The lowest BCUT2D eigenvalue weighted by Crippen LogP contribution is -2.18. The number of carbonyl (C=O) groups excluding carboxylic acids is 1. The van der Waals surface area contributed by atoms with Gasteiger partial charge in [0.15, 0.2) is 0 Å². The van der Waals surface area contributed by atoms with Gasteiger partial charge in [0.25, 0.3) is 0 Å². The molecule has 0 fully saturated rings. The van der Waals surface area contributed by atoms with Gasteiger partial charge in [-0.1, -0.05) is 37.0 Å². The van der Waals surface area contributed by atoms with Crippen LogP contribution in [0.1, 0.15) is 72.6 Å². The van der Waals surface area contributed by atoms with Crippen LogP contribution >= 0.6 is 0 Å². The first-order valence-corrected chi connectivity index (χ1v) is 7.97. The second kappa shape index (κ2) is 11.7. The van der Waals surface area contributed by atoms with Gasteiger partial charge in [-0.05, 0) is 52.9 Å². The minimum atomic E-state index is -0.0318. The summed E-state index contributed by atoms with van der Waals surface area (Å²) < 4.78 is 5.18. The molecule has 0 aliphatic carbocycles. The Hall–Kier alpha value is -1.05. The first-order valence-electron chi connectivity index (χ1n) is 7.97. The number of unbranched alkanes of at least 4 members (excludes halogenated alkanes) is 2. The Bertz CT molecular complexity index is 315. The summed E-state index contributed by atoms with van der Waals surface area (Å²) in [5.41, 5.74) is 2.55. The molecule has 0 aromatic carbocycles. The summed E-state index contributed by atoms with van der Waals surface area (Å²) in [4.78, 5) is 11.9. The molecule has 0 heterocycles. The maximum Gasteiger partial charge on any atom is 0.309 e. The standard InChI is InChI=1S/C18H32O2/c1-6-8-13-17(18(19)20-7-2)14-16(5)12-10-9-11-15(3)4/h12,17H,3,6-11,13-14H2,1-2,4-5H3. The maximum absolute atomic E-state index is 11.9. The number of hydrogen-bond acceptors (Lipinski definition) is 2. The van der Waals surface area contributed by atoms with E-state index >= 15 is 0 Å². The molecule has 0 N–H and O–H groups in total. The van der Waals surface area contributed by atoms with E-state index in [1.807, 2.05) is 6.92 Å².